The molecule has 0 aliphatic rings. The van der Waals surface area contributed by atoms with Crippen LogP contribution in [-0.2, 0) is 16.6 Å². The van der Waals surface area contributed by atoms with Crippen LogP contribution in [0.2, 0.25) is 0 Å². The lowest BCUT2D eigenvalue weighted by atomic mass is 10.1. The van der Waals surface area contributed by atoms with Gasteiger partial charge in [0.1, 0.15) is 0 Å². The van der Waals surface area contributed by atoms with Crippen LogP contribution in [-0.4, -0.2) is 25.3 Å². The Hall–Kier alpha value is -1.66. The van der Waals surface area contributed by atoms with Crippen molar-refractivity contribution in [3.63, 3.8) is 0 Å². The molecule has 0 atom stereocenters. The van der Waals surface area contributed by atoms with Crippen molar-refractivity contribution in [3.05, 3.63) is 46.2 Å². The Bertz CT molecular complexity index is 779. The van der Waals surface area contributed by atoms with E-state index < -0.39 is 10.0 Å². The Morgan fingerprint density at radius 1 is 1.25 bits per heavy atom. The van der Waals surface area contributed by atoms with Crippen molar-refractivity contribution in [1.29, 1.82) is 0 Å². The van der Waals surface area contributed by atoms with Gasteiger partial charge < -0.3 is 4.57 Å². The lowest BCUT2D eigenvalue weighted by Crippen LogP contribution is -2.32. The molecule has 0 aliphatic heterocycles. The molecule has 1 N–H and O–H groups in total. The van der Waals surface area contributed by atoms with Gasteiger partial charge in [-0.3, -0.25) is 4.79 Å². The highest BCUT2D eigenvalue weighted by atomic mass is 32.2. The molecule has 0 fully saturated rings. The molecule has 0 bridgehead atoms. The SMILES string of the molecule is CCS(=O)(=O)NCCn1c(=O)c(C)cc2ccccc21. The number of hydrogen-bond donors (Lipinski definition) is 1. The first kappa shape index (κ1) is 14.7. The van der Waals surface area contributed by atoms with E-state index in [1.165, 1.54) is 0 Å². The summed E-state index contributed by atoms with van der Waals surface area (Å²) in [5.74, 6) is 0.0382. The molecule has 2 rings (SSSR count). The first-order chi connectivity index (χ1) is 9.44. The van der Waals surface area contributed by atoms with Crippen molar-refractivity contribution in [3.8, 4) is 0 Å². The van der Waals surface area contributed by atoms with Crippen molar-refractivity contribution in [2.75, 3.05) is 12.3 Å². The van der Waals surface area contributed by atoms with Gasteiger partial charge in [0.25, 0.3) is 5.56 Å². The lowest BCUT2D eigenvalue weighted by molar-refractivity contribution is 0.574. The maximum absolute atomic E-state index is 12.2. The molecule has 20 heavy (non-hydrogen) atoms. The minimum Gasteiger partial charge on any atom is -0.307 e. The molecule has 0 spiro atoms. The van der Waals surface area contributed by atoms with E-state index in [1.807, 2.05) is 30.3 Å². The molecule has 0 unspecified atom stereocenters. The van der Waals surface area contributed by atoms with Crippen LogP contribution in [0.3, 0.4) is 0 Å². The molecule has 0 saturated heterocycles. The van der Waals surface area contributed by atoms with E-state index in [-0.39, 0.29) is 17.9 Å². The third kappa shape index (κ3) is 3.08. The largest absolute Gasteiger partial charge is 0.307 e. The maximum Gasteiger partial charge on any atom is 0.253 e. The number of benzene rings is 1. The van der Waals surface area contributed by atoms with Crippen molar-refractivity contribution in [1.82, 2.24) is 9.29 Å². The van der Waals surface area contributed by atoms with Gasteiger partial charge in [-0.1, -0.05) is 18.2 Å². The maximum atomic E-state index is 12.2. The molecular weight excluding hydrogens is 276 g/mol. The van der Waals surface area contributed by atoms with Crippen molar-refractivity contribution in [2.45, 2.75) is 20.4 Å². The van der Waals surface area contributed by atoms with Gasteiger partial charge in [-0.2, -0.15) is 0 Å². The summed E-state index contributed by atoms with van der Waals surface area (Å²) in [6.07, 6.45) is 0. The summed E-state index contributed by atoms with van der Waals surface area (Å²) in [4.78, 5) is 12.2. The Labute approximate surface area is 118 Å². The number of aromatic nitrogens is 1. The van der Waals surface area contributed by atoms with Crippen LogP contribution in [0.1, 0.15) is 12.5 Å². The standard InChI is InChI=1S/C14H18N2O3S/c1-3-20(18,19)15-8-9-16-13-7-5-4-6-12(13)10-11(2)14(16)17/h4-7,10,15H,3,8-9H2,1-2H3. The third-order valence-electron chi connectivity index (χ3n) is 3.22. The molecule has 0 radical (unpaired) electrons. The number of sulfonamides is 1. The van der Waals surface area contributed by atoms with Crippen LogP contribution in [0.25, 0.3) is 10.9 Å². The Morgan fingerprint density at radius 2 is 1.95 bits per heavy atom. The fraction of sp³-hybridized carbons (Fsp3) is 0.357. The number of rotatable bonds is 5. The minimum absolute atomic E-state index is 0.0382. The summed E-state index contributed by atoms with van der Waals surface area (Å²) in [6.45, 7) is 3.88. The summed E-state index contributed by atoms with van der Waals surface area (Å²) in [5, 5.41) is 0.975. The van der Waals surface area contributed by atoms with E-state index in [2.05, 4.69) is 4.72 Å². The second kappa shape index (κ2) is 5.76. The number of aryl methyl sites for hydroxylation is 1. The zero-order valence-corrected chi connectivity index (χ0v) is 12.4. The first-order valence-electron chi connectivity index (χ1n) is 6.51. The summed E-state index contributed by atoms with van der Waals surface area (Å²) in [5.41, 5.74) is 1.39. The fourth-order valence-electron chi connectivity index (χ4n) is 2.11. The molecule has 1 aromatic carbocycles. The minimum atomic E-state index is -3.23. The smallest absolute Gasteiger partial charge is 0.253 e. The van der Waals surface area contributed by atoms with Gasteiger partial charge in [-0.25, -0.2) is 13.1 Å². The van der Waals surface area contributed by atoms with Gasteiger partial charge in [-0.05, 0) is 31.4 Å². The van der Waals surface area contributed by atoms with Gasteiger partial charge in [-0.15, -0.1) is 0 Å². The molecular formula is C14H18N2O3S. The average molecular weight is 294 g/mol. The zero-order chi connectivity index (χ0) is 14.8. The quantitative estimate of drug-likeness (QED) is 0.902. The van der Waals surface area contributed by atoms with E-state index in [1.54, 1.807) is 18.4 Å². The van der Waals surface area contributed by atoms with Crippen molar-refractivity contribution < 1.29 is 8.42 Å². The summed E-state index contributed by atoms with van der Waals surface area (Å²) in [6, 6.07) is 9.43. The van der Waals surface area contributed by atoms with Crippen molar-refractivity contribution in [2.24, 2.45) is 0 Å². The first-order valence-corrected chi connectivity index (χ1v) is 8.16. The molecule has 0 saturated carbocycles. The zero-order valence-electron chi connectivity index (χ0n) is 11.6. The topological polar surface area (TPSA) is 68.2 Å². The highest BCUT2D eigenvalue weighted by Gasteiger charge is 2.08. The summed E-state index contributed by atoms with van der Waals surface area (Å²) >= 11 is 0. The molecule has 1 aromatic heterocycles. The van der Waals surface area contributed by atoms with E-state index in [4.69, 9.17) is 0 Å². The number of hydrogen-bond acceptors (Lipinski definition) is 3. The van der Waals surface area contributed by atoms with Crippen LogP contribution in [0.4, 0.5) is 0 Å². The molecule has 2 aromatic rings. The lowest BCUT2D eigenvalue weighted by Gasteiger charge is -2.12. The Kier molecular flexibility index (Phi) is 4.25. The Morgan fingerprint density at radius 3 is 2.65 bits per heavy atom. The number of para-hydroxylation sites is 1. The van der Waals surface area contributed by atoms with Crippen molar-refractivity contribution >= 4 is 20.9 Å². The summed E-state index contributed by atoms with van der Waals surface area (Å²) < 4.78 is 26.9. The Balaban J connectivity index is 2.34. The van der Waals surface area contributed by atoms with Gasteiger partial charge in [0.2, 0.25) is 10.0 Å². The molecule has 0 amide bonds. The van der Waals surface area contributed by atoms with Gasteiger partial charge in [0.15, 0.2) is 0 Å². The van der Waals surface area contributed by atoms with Gasteiger partial charge in [0, 0.05) is 18.7 Å². The predicted octanol–water partition coefficient (Wildman–Crippen LogP) is 1.25. The molecule has 5 nitrogen and oxygen atoms in total. The number of nitrogens with one attached hydrogen (secondary N) is 1. The number of fused-ring (bicyclic) bond motifs is 1. The number of pyridine rings is 1. The van der Waals surface area contributed by atoms with Crippen LogP contribution >= 0.6 is 0 Å². The fourth-order valence-corrected chi connectivity index (χ4v) is 2.72. The molecule has 1 heterocycles. The second-order valence-corrected chi connectivity index (χ2v) is 6.74. The molecule has 6 heteroatoms. The van der Waals surface area contributed by atoms with Gasteiger partial charge >= 0.3 is 0 Å². The van der Waals surface area contributed by atoms with Crippen LogP contribution in [0, 0.1) is 6.92 Å². The molecule has 0 aliphatic carbocycles. The van der Waals surface area contributed by atoms with Crippen LogP contribution in [0.5, 0.6) is 0 Å². The van der Waals surface area contributed by atoms with Gasteiger partial charge in [0.05, 0.1) is 11.3 Å². The second-order valence-electron chi connectivity index (χ2n) is 4.64. The van der Waals surface area contributed by atoms with E-state index in [0.717, 1.165) is 10.9 Å². The van der Waals surface area contributed by atoms with E-state index >= 15 is 0 Å². The van der Waals surface area contributed by atoms with Crippen LogP contribution in [0.15, 0.2) is 35.1 Å². The highest BCUT2D eigenvalue weighted by Crippen LogP contribution is 2.12. The van der Waals surface area contributed by atoms with E-state index in [9.17, 15) is 13.2 Å². The van der Waals surface area contributed by atoms with E-state index in [0.29, 0.717) is 12.1 Å². The monoisotopic (exact) mass is 294 g/mol. The normalized spacial score (nSPS) is 11.9. The predicted molar refractivity (Wildman–Crippen MR) is 80.4 cm³/mol. The molecule has 108 valence electrons. The summed E-state index contributed by atoms with van der Waals surface area (Å²) in [7, 11) is -3.23. The highest BCUT2D eigenvalue weighted by molar-refractivity contribution is 7.89. The third-order valence-corrected chi connectivity index (χ3v) is 4.62. The van der Waals surface area contributed by atoms with Crippen LogP contribution < -0.4 is 10.3 Å². The average Bonchev–Trinajstić information content (AvgIpc) is 2.43. The number of nitrogens with zero attached hydrogens (tertiary/aromatic N) is 1.